The molecule has 0 N–H and O–H groups in total. The van der Waals surface area contributed by atoms with Crippen LogP contribution in [0.25, 0.3) is 0 Å². The van der Waals surface area contributed by atoms with Crippen LogP contribution in [0.2, 0.25) is 0 Å². The van der Waals surface area contributed by atoms with Crippen molar-refractivity contribution in [2.24, 2.45) is 5.92 Å². The Balaban J connectivity index is 2.88. The minimum absolute atomic E-state index is 0.0711. The Morgan fingerprint density at radius 3 is 2.04 bits per heavy atom. The normalized spacial score (nSPS) is 13.4. The predicted octanol–water partition coefficient (Wildman–Crippen LogP) is 3.12. The lowest BCUT2D eigenvalue weighted by molar-refractivity contribution is -0.133. The Morgan fingerprint density at radius 2 is 1.65 bits per heavy atom. The van der Waals surface area contributed by atoms with E-state index in [-0.39, 0.29) is 18.4 Å². The van der Waals surface area contributed by atoms with E-state index in [1.165, 1.54) is 12.1 Å². The number of nitrogens with zero attached hydrogens (tertiary/aromatic N) is 1. The quantitative estimate of drug-likeness (QED) is 0.761. The highest BCUT2D eigenvalue weighted by Gasteiger charge is 2.26. The molecule has 0 radical (unpaired) electrons. The van der Waals surface area contributed by atoms with Gasteiger partial charge in [0.05, 0.1) is 11.3 Å². The SMILES string of the molecule is CCN(C(=O)Cc1ccc(S(=O)(=O)C(F)F)cc1)C(C)C(C)C. The fourth-order valence-corrected chi connectivity index (χ4v) is 2.95. The van der Waals surface area contributed by atoms with Crippen molar-refractivity contribution in [3.8, 4) is 0 Å². The fourth-order valence-electron chi connectivity index (χ4n) is 2.23. The van der Waals surface area contributed by atoms with Crippen molar-refractivity contribution in [1.82, 2.24) is 4.90 Å². The average molecular weight is 347 g/mol. The second kappa shape index (κ2) is 7.86. The molecular formula is C16H23F2NO3S. The number of halogens is 2. The smallest absolute Gasteiger partial charge is 0.340 e. The van der Waals surface area contributed by atoms with E-state index in [2.05, 4.69) is 0 Å². The zero-order valence-corrected chi connectivity index (χ0v) is 14.6. The van der Waals surface area contributed by atoms with Crippen molar-refractivity contribution in [3.05, 3.63) is 29.8 Å². The first-order chi connectivity index (χ1) is 10.6. The number of carbonyl (C=O) groups is 1. The molecule has 0 saturated heterocycles. The highest BCUT2D eigenvalue weighted by molar-refractivity contribution is 7.91. The zero-order valence-electron chi connectivity index (χ0n) is 13.8. The average Bonchev–Trinajstić information content (AvgIpc) is 2.48. The van der Waals surface area contributed by atoms with Gasteiger partial charge in [0.25, 0.3) is 0 Å². The number of carbonyl (C=O) groups excluding carboxylic acids is 1. The topological polar surface area (TPSA) is 54.5 Å². The van der Waals surface area contributed by atoms with Crippen molar-refractivity contribution in [2.45, 2.75) is 50.8 Å². The van der Waals surface area contributed by atoms with Crippen LogP contribution in [0, 0.1) is 5.92 Å². The van der Waals surface area contributed by atoms with Crippen molar-refractivity contribution in [3.63, 3.8) is 0 Å². The molecule has 0 saturated carbocycles. The molecule has 1 atom stereocenters. The Hall–Kier alpha value is -1.50. The maximum absolute atomic E-state index is 12.5. The molecule has 0 aliphatic carbocycles. The molecule has 4 nitrogen and oxygen atoms in total. The van der Waals surface area contributed by atoms with E-state index in [1.807, 2.05) is 27.7 Å². The third kappa shape index (κ3) is 4.73. The van der Waals surface area contributed by atoms with Crippen LogP contribution in [-0.4, -0.2) is 37.6 Å². The Labute approximate surface area is 136 Å². The number of alkyl halides is 2. The molecule has 1 unspecified atom stereocenters. The first kappa shape index (κ1) is 19.5. The molecule has 1 rings (SSSR count). The summed E-state index contributed by atoms with van der Waals surface area (Å²) in [7, 11) is -4.60. The van der Waals surface area contributed by atoms with E-state index in [0.29, 0.717) is 18.0 Å². The Kier molecular flexibility index (Phi) is 6.68. The number of amides is 1. The second-order valence-electron chi connectivity index (χ2n) is 5.79. The fraction of sp³-hybridized carbons (Fsp3) is 0.562. The molecule has 0 aliphatic rings. The second-order valence-corrected chi connectivity index (χ2v) is 7.71. The molecule has 0 fully saturated rings. The lowest BCUT2D eigenvalue weighted by Crippen LogP contribution is -2.42. The molecule has 0 aliphatic heterocycles. The van der Waals surface area contributed by atoms with Gasteiger partial charge in [0, 0.05) is 12.6 Å². The maximum Gasteiger partial charge on any atom is 0.341 e. The van der Waals surface area contributed by atoms with Crippen molar-refractivity contribution in [1.29, 1.82) is 0 Å². The van der Waals surface area contributed by atoms with E-state index in [1.54, 1.807) is 4.90 Å². The molecule has 1 aromatic rings. The molecule has 130 valence electrons. The van der Waals surface area contributed by atoms with Gasteiger partial charge in [0.2, 0.25) is 15.7 Å². The highest BCUT2D eigenvalue weighted by Crippen LogP contribution is 2.19. The van der Waals surface area contributed by atoms with Gasteiger partial charge in [-0.3, -0.25) is 4.79 Å². The molecule has 1 aromatic carbocycles. The predicted molar refractivity (Wildman–Crippen MR) is 85.0 cm³/mol. The van der Waals surface area contributed by atoms with Gasteiger partial charge in [-0.05, 0) is 37.5 Å². The minimum atomic E-state index is -4.60. The number of hydrogen-bond donors (Lipinski definition) is 0. The van der Waals surface area contributed by atoms with Crippen LogP contribution in [0.5, 0.6) is 0 Å². The summed E-state index contributed by atoms with van der Waals surface area (Å²) in [6.45, 7) is 8.52. The molecule has 0 aromatic heterocycles. The minimum Gasteiger partial charge on any atom is -0.340 e. The zero-order chi connectivity index (χ0) is 17.8. The maximum atomic E-state index is 12.5. The molecule has 1 amide bonds. The van der Waals surface area contributed by atoms with Gasteiger partial charge >= 0.3 is 5.76 Å². The monoisotopic (exact) mass is 347 g/mol. The van der Waals surface area contributed by atoms with Gasteiger partial charge in [-0.1, -0.05) is 26.0 Å². The van der Waals surface area contributed by atoms with Crippen LogP contribution in [0.15, 0.2) is 29.2 Å². The highest BCUT2D eigenvalue weighted by atomic mass is 32.2. The van der Waals surface area contributed by atoms with Gasteiger partial charge in [0.1, 0.15) is 0 Å². The molecule has 0 heterocycles. The van der Waals surface area contributed by atoms with Crippen LogP contribution in [0.4, 0.5) is 8.78 Å². The summed E-state index contributed by atoms with van der Waals surface area (Å²) >= 11 is 0. The van der Waals surface area contributed by atoms with Crippen LogP contribution in [0.1, 0.15) is 33.3 Å². The van der Waals surface area contributed by atoms with Crippen molar-refractivity contribution < 1.29 is 22.0 Å². The van der Waals surface area contributed by atoms with Crippen LogP contribution in [0.3, 0.4) is 0 Å². The van der Waals surface area contributed by atoms with E-state index in [4.69, 9.17) is 0 Å². The van der Waals surface area contributed by atoms with Crippen LogP contribution >= 0.6 is 0 Å². The Bertz CT molecular complexity index is 627. The van der Waals surface area contributed by atoms with Crippen LogP contribution in [-0.2, 0) is 21.1 Å². The van der Waals surface area contributed by atoms with Gasteiger partial charge in [-0.15, -0.1) is 0 Å². The lowest BCUT2D eigenvalue weighted by atomic mass is 10.0. The van der Waals surface area contributed by atoms with E-state index in [9.17, 15) is 22.0 Å². The number of likely N-dealkylation sites (N-methyl/N-ethyl adjacent to an activating group) is 1. The molecule has 7 heteroatoms. The summed E-state index contributed by atoms with van der Waals surface area (Å²) in [6.07, 6.45) is 0.111. The first-order valence-corrected chi connectivity index (χ1v) is 9.06. The van der Waals surface area contributed by atoms with Crippen molar-refractivity contribution in [2.75, 3.05) is 6.54 Å². The third-order valence-corrected chi connectivity index (χ3v) is 5.36. The van der Waals surface area contributed by atoms with Crippen LogP contribution < -0.4 is 0 Å². The summed E-state index contributed by atoms with van der Waals surface area (Å²) in [5.41, 5.74) is 0.595. The number of hydrogen-bond acceptors (Lipinski definition) is 3. The number of sulfone groups is 1. The largest absolute Gasteiger partial charge is 0.341 e. The molecule has 23 heavy (non-hydrogen) atoms. The Morgan fingerprint density at radius 1 is 1.13 bits per heavy atom. The summed E-state index contributed by atoms with van der Waals surface area (Å²) in [5.74, 6) is -3.20. The van der Waals surface area contributed by atoms with Gasteiger partial charge in [0.15, 0.2) is 0 Å². The first-order valence-electron chi connectivity index (χ1n) is 7.51. The van der Waals surface area contributed by atoms with Crippen molar-refractivity contribution >= 4 is 15.7 Å². The standard InChI is InChI=1S/C16H23F2NO3S/c1-5-19(12(4)11(2)3)15(20)10-13-6-8-14(9-7-13)23(21,22)16(17)18/h6-9,11-12,16H,5,10H2,1-4H3. The van der Waals surface area contributed by atoms with Gasteiger partial charge < -0.3 is 4.90 Å². The molecule has 0 spiro atoms. The van der Waals surface area contributed by atoms with Gasteiger partial charge in [-0.2, -0.15) is 8.78 Å². The van der Waals surface area contributed by atoms with E-state index < -0.39 is 20.5 Å². The number of benzene rings is 1. The summed E-state index contributed by atoms with van der Waals surface area (Å²) < 4.78 is 47.7. The molecule has 0 bridgehead atoms. The van der Waals surface area contributed by atoms with E-state index >= 15 is 0 Å². The summed E-state index contributed by atoms with van der Waals surface area (Å²) in [5, 5.41) is 0. The summed E-state index contributed by atoms with van der Waals surface area (Å²) in [4.78, 5) is 13.7. The summed E-state index contributed by atoms with van der Waals surface area (Å²) in [6, 6.07) is 5.13. The third-order valence-electron chi connectivity index (χ3n) is 3.96. The van der Waals surface area contributed by atoms with E-state index in [0.717, 1.165) is 12.1 Å². The molecular weight excluding hydrogens is 324 g/mol. The van der Waals surface area contributed by atoms with Gasteiger partial charge in [-0.25, -0.2) is 8.42 Å². The lowest BCUT2D eigenvalue weighted by Gasteiger charge is -2.31. The number of rotatable bonds is 7.